The molecule has 1 atom stereocenters. The van der Waals surface area contributed by atoms with Crippen LogP contribution in [0.25, 0.3) is 0 Å². The average molecular weight is 946 g/mol. The van der Waals surface area contributed by atoms with Crippen LogP contribution in [-0.2, 0) is 14.4 Å². The van der Waals surface area contributed by atoms with Gasteiger partial charge in [0.25, 0.3) is 0 Å². The van der Waals surface area contributed by atoms with Crippen LogP contribution >= 0.6 is 0 Å². The molecule has 0 N–H and O–H groups in total. The highest BCUT2D eigenvalue weighted by Crippen LogP contribution is 2.41. The fraction of sp³-hybridized carbons (Fsp3) is 0.889. The van der Waals surface area contributed by atoms with Gasteiger partial charge in [0.05, 0.1) is 23.3 Å². The third kappa shape index (κ3) is 10.4. The maximum Gasteiger partial charge on any atom is 0.244 e. The lowest BCUT2D eigenvalue weighted by Crippen LogP contribution is -2.71. The minimum Gasteiger partial charge on any atom is -0.338 e. The van der Waals surface area contributed by atoms with Crippen molar-refractivity contribution in [1.82, 2.24) is 39.5 Å². The first-order valence-electron chi connectivity index (χ1n) is 27.1. The van der Waals surface area contributed by atoms with Crippen LogP contribution in [0.1, 0.15) is 192 Å². The molecule has 4 heterocycles. The number of hydrogen-bond donors (Lipinski definition) is 0. The number of hydrogen-bond acceptors (Lipinski definition) is 12. The predicted molar refractivity (Wildman–Crippen MR) is 276 cm³/mol. The Morgan fingerprint density at radius 1 is 0.471 bits per heavy atom. The van der Waals surface area contributed by atoms with Gasteiger partial charge in [-0.1, -0.05) is 57.8 Å². The number of piperazine rings is 2. The Morgan fingerprint density at radius 2 is 0.838 bits per heavy atom. The van der Waals surface area contributed by atoms with Gasteiger partial charge in [-0.3, -0.25) is 29.1 Å². The molecule has 14 nitrogen and oxygen atoms in total. The van der Waals surface area contributed by atoms with Crippen LogP contribution in [0.15, 0.2) is 0 Å². The summed E-state index contributed by atoms with van der Waals surface area (Å²) in [7, 11) is 6.26. The summed E-state index contributed by atoms with van der Waals surface area (Å²) in [6.07, 6.45) is 18.3. The molecule has 6 fully saturated rings. The molecule has 1 aromatic heterocycles. The number of amides is 2. The highest BCUT2D eigenvalue weighted by molar-refractivity contribution is 5.91. The van der Waals surface area contributed by atoms with Crippen molar-refractivity contribution in [3.05, 3.63) is 0 Å². The first-order valence-corrected chi connectivity index (χ1v) is 27.1. The molecule has 14 heteroatoms. The molecular weight excluding hydrogens is 851 g/mol. The number of likely N-dealkylation sites (N-methyl/N-ethyl adjacent to an activating group) is 3. The Morgan fingerprint density at radius 3 is 1.29 bits per heavy atom. The van der Waals surface area contributed by atoms with Crippen molar-refractivity contribution < 1.29 is 14.4 Å². The number of Topliss-reactive ketones (excluding diaryl/α,β-unsaturated/α-hetero) is 1. The first kappa shape index (κ1) is 52.7. The number of ketones is 1. The molecule has 0 aromatic carbocycles. The first-order chi connectivity index (χ1) is 31.7. The van der Waals surface area contributed by atoms with E-state index in [-0.39, 0.29) is 52.5 Å². The van der Waals surface area contributed by atoms with Crippen LogP contribution in [0.4, 0.5) is 17.8 Å². The molecule has 1 aromatic rings. The summed E-state index contributed by atoms with van der Waals surface area (Å²) in [6.45, 7) is 29.5. The molecule has 3 aliphatic carbocycles. The Hall–Kier alpha value is -3.10. The monoisotopic (exact) mass is 946 g/mol. The lowest BCUT2D eigenvalue weighted by atomic mass is 9.72. The van der Waals surface area contributed by atoms with Crippen molar-refractivity contribution in [2.45, 2.75) is 244 Å². The van der Waals surface area contributed by atoms with Gasteiger partial charge in [0.2, 0.25) is 29.7 Å². The normalized spacial score (nSPS) is 27.4. The third-order valence-corrected chi connectivity index (χ3v) is 18.8. The Balaban J connectivity index is 1.35. The summed E-state index contributed by atoms with van der Waals surface area (Å²) in [5.41, 5.74) is -2.41. The minimum atomic E-state index is -0.677. The van der Waals surface area contributed by atoms with Crippen molar-refractivity contribution in [1.29, 1.82) is 0 Å². The van der Waals surface area contributed by atoms with Crippen LogP contribution in [0.3, 0.4) is 0 Å². The molecule has 0 bridgehead atoms. The minimum absolute atomic E-state index is 0.0786. The Labute approximate surface area is 412 Å². The van der Waals surface area contributed by atoms with E-state index in [0.29, 0.717) is 63.0 Å². The molecule has 68 heavy (non-hydrogen) atoms. The second kappa shape index (κ2) is 19.8. The quantitative estimate of drug-likeness (QED) is 0.179. The molecule has 0 spiro atoms. The number of aromatic nitrogens is 3. The summed E-state index contributed by atoms with van der Waals surface area (Å²) in [4.78, 5) is 78.5. The number of piperidine rings is 1. The van der Waals surface area contributed by atoms with Gasteiger partial charge in [0.15, 0.2) is 5.78 Å². The van der Waals surface area contributed by atoms with Gasteiger partial charge in [-0.15, -0.1) is 0 Å². The fourth-order valence-corrected chi connectivity index (χ4v) is 13.5. The van der Waals surface area contributed by atoms with Gasteiger partial charge >= 0.3 is 0 Å². The summed E-state index contributed by atoms with van der Waals surface area (Å²) in [6, 6.07) is 0.642. The van der Waals surface area contributed by atoms with Gasteiger partial charge in [-0.25, -0.2) is 0 Å². The van der Waals surface area contributed by atoms with Crippen LogP contribution in [0, 0.1) is 5.92 Å². The Kier molecular flexibility index (Phi) is 15.4. The van der Waals surface area contributed by atoms with E-state index >= 15 is 0 Å². The van der Waals surface area contributed by atoms with Gasteiger partial charge in [-0.05, 0) is 156 Å². The van der Waals surface area contributed by atoms with Gasteiger partial charge in [0.1, 0.15) is 0 Å². The fourth-order valence-electron chi connectivity index (χ4n) is 13.5. The molecular formula is C54H95N11O3. The molecule has 1 unspecified atom stereocenters. The van der Waals surface area contributed by atoms with Crippen molar-refractivity contribution in [3.63, 3.8) is 0 Å². The van der Waals surface area contributed by atoms with E-state index in [1.807, 2.05) is 0 Å². The molecule has 7 rings (SSSR count). The highest BCUT2D eigenvalue weighted by atomic mass is 16.2. The van der Waals surface area contributed by atoms with E-state index in [1.54, 1.807) is 0 Å². The van der Waals surface area contributed by atoms with Crippen molar-refractivity contribution in [3.8, 4) is 0 Å². The zero-order valence-corrected chi connectivity index (χ0v) is 45.7. The van der Waals surface area contributed by atoms with Crippen molar-refractivity contribution >= 4 is 35.4 Å². The summed E-state index contributed by atoms with van der Waals surface area (Å²) in [5.74, 6) is 2.55. The maximum absolute atomic E-state index is 14.6. The number of nitrogens with zero attached hydrogens (tertiary/aromatic N) is 11. The summed E-state index contributed by atoms with van der Waals surface area (Å²) in [5, 5.41) is 0. The third-order valence-electron chi connectivity index (χ3n) is 18.8. The van der Waals surface area contributed by atoms with Gasteiger partial charge in [0, 0.05) is 73.4 Å². The van der Waals surface area contributed by atoms with E-state index in [4.69, 9.17) is 15.0 Å². The standard InChI is InChI=1S/C54H95N11O3/c1-49(2)35-39(43(66)52(7,8)58(49)13)31-32-63(40-25-19-16-20-26-40)46-55-47(64(41-27-21-17-22-28-41)34-33-61-36-50(3,4)59(14)53(9,10)44(61)67)57-48(56-46)65(42-29-23-18-24-30-42)38-62-37-51(5,6)60(15)54(11,12)45(62)68/h39-42H,16-38H2,1-15H3. The molecule has 2 amide bonds. The van der Waals surface area contributed by atoms with E-state index in [2.05, 4.69) is 143 Å². The van der Waals surface area contributed by atoms with Crippen molar-refractivity contribution in [2.75, 3.05) is 75.2 Å². The second-order valence-electron chi connectivity index (χ2n) is 25.7. The number of carbonyl (C=O) groups excluding carboxylic acids is 3. The van der Waals surface area contributed by atoms with Crippen LogP contribution in [0.2, 0.25) is 0 Å². The molecule has 3 aliphatic heterocycles. The topological polar surface area (TPSA) is 116 Å². The molecule has 3 saturated heterocycles. The second-order valence-corrected chi connectivity index (χ2v) is 25.7. The molecule has 0 radical (unpaired) electrons. The van der Waals surface area contributed by atoms with Gasteiger partial charge in [-0.2, -0.15) is 15.0 Å². The summed E-state index contributed by atoms with van der Waals surface area (Å²) < 4.78 is 0. The van der Waals surface area contributed by atoms with E-state index in [1.165, 1.54) is 19.3 Å². The average Bonchev–Trinajstić information content (AvgIpc) is 3.30. The van der Waals surface area contributed by atoms with E-state index in [9.17, 15) is 14.4 Å². The zero-order chi connectivity index (χ0) is 49.8. The Bertz CT molecular complexity index is 1850. The predicted octanol–water partition coefficient (Wildman–Crippen LogP) is 8.38. The van der Waals surface area contributed by atoms with E-state index < -0.39 is 16.6 Å². The van der Waals surface area contributed by atoms with E-state index in [0.717, 1.165) is 89.9 Å². The summed E-state index contributed by atoms with van der Waals surface area (Å²) >= 11 is 0. The molecule has 384 valence electrons. The van der Waals surface area contributed by atoms with Crippen molar-refractivity contribution in [2.24, 2.45) is 5.92 Å². The SMILES string of the molecule is CN1C(C)(C)CC(CCN(c2nc(N(CCN3CC(C)(C)N(C)C(C)(C)C3=O)C3CCCCC3)nc(N(CN3CC(C)(C)N(C)C(C)(C)C3=O)C3CCCCC3)n2)C2CCCCC2)C(=O)C1(C)C. The smallest absolute Gasteiger partial charge is 0.244 e. The highest BCUT2D eigenvalue weighted by Gasteiger charge is 2.52. The maximum atomic E-state index is 14.6. The number of anilines is 3. The van der Waals surface area contributed by atoms with Crippen LogP contribution in [0.5, 0.6) is 0 Å². The largest absolute Gasteiger partial charge is 0.338 e. The molecule has 3 saturated carbocycles. The molecule has 6 aliphatic rings. The van der Waals surface area contributed by atoms with Crippen LogP contribution in [-0.4, -0.2) is 169 Å². The number of likely N-dealkylation sites (tertiary alicyclic amines) is 1. The van der Waals surface area contributed by atoms with Gasteiger partial charge < -0.3 is 24.5 Å². The number of rotatable bonds is 14. The number of carbonyl (C=O) groups is 3. The van der Waals surface area contributed by atoms with Crippen LogP contribution < -0.4 is 14.7 Å². The lowest BCUT2D eigenvalue weighted by Gasteiger charge is -2.54. The zero-order valence-electron chi connectivity index (χ0n) is 45.7. The lowest BCUT2D eigenvalue weighted by molar-refractivity contribution is -0.157.